The molecule has 1 heterocycles. The minimum atomic E-state index is -1.22. The quantitative estimate of drug-likeness (QED) is 0.403. The van der Waals surface area contributed by atoms with Crippen molar-refractivity contribution in [3.63, 3.8) is 0 Å². The van der Waals surface area contributed by atoms with Gasteiger partial charge in [-0.2, -0.15) is 5.01 Å². The Morgan fingerprint density at radius 1 is 0.914 bits per heavy atom. The highest BCUT2D eigenvalue weighted by Gasteiger charge is 2.27. The van der Waals surface area contributed by atoms with E-state index in [1.54, 1.807) is 78.9 Å². The molecule has 0 aliphatic rings. The molecule has 0 aliphatic heterocycles. The minimum absolute atomic E-state index is 0.0207. The first-order chi connectivity index (χ1) is 17.0. The topological polar surface area (TPSA) is 118 Å². The number of hydrogen-bond donors (Lipinski definition) is 2. The first-order valence-corrected chi connectivity index (χ1v) is 10.6. The molecule has 2 N–H and O–H groups in total. The van der Waals surface area contributed by atoms with Crippen LogP contribution in [0.4, 0.5) is 10.5 Å². The number of aliphatic carboxylic acids is 1. The van der Waals surface area contributed by atoms with Crippen LogP contribution in [0, 0.1) is 0 Å². The fraction of sp³-hybridized carbons (Fsp3) is 0.0769. The van der Waals surface area contributed by atoms with E-state index < -0.39 is 24.6 Å². The lowest BCUT2D eigenvalue weighted by Crippen LogP contribution is -2.46. The Balaban J connectivity index is 1.90. The van der Waals surface area contributed by atoms with Crippen LogP contribution >= 0.6 is 0 Å². The Morgan fingerprint density at radius 3 is 2.20 bits per heavy atom. The third-order valence-corrected chi connectivity index (χ3v) is 5.05. The number of methoxy groups -OCH3 is 1. The number of pyridine rings is 1. The summed E-state index contributed by atoms with van der Waals surface area (Å²) < 4.78 is 10.5. The van der Waals surface area contributed by atoms with E-state index in [0.29, 0.717) is 27.8 Å². The lowest BCUT2D eigenvalue weighted by Gasteiger charge is -2.23. The molecule has 0 unspecified atom stereocenters. The van der Waals surface area contributed by atoms with Gasteiger partial charge in [0.2, 0.25) is 0 Å². The van der Waals surface area contributed by atoms with E-state index in [1.165, 1.54) is 7.11 Å². The van der Waals surface area contributed by atoms with Crippen LogP contribution in [0.2, 0.25) is 0 Å². The Hall–Kier alpha value is -4.92. The number of amides is 2. The molecule has 9 nitrogen and oxygen atoms in total. The second-order valence-electron chi connectivity index (χ2n) is 7.31. The van der Waals surface area contributed by atoms with Crippen molar-refractivity contribution >= 4 is 34.6 Å². The van der Waals surface area contributed by atoms with E-state index in [2.05, 4.69) is 10.4 Å². The van der Waals surface area contributed by atoms with Crippen molar-refractivity contribution in [1.82, 2.24) is 10.4 Å². The number of aromatic nitrogens is 1. The Bertz CT molecular complexity index is 1380. The lowest BCUT2D eigenvalue weighted by molar-refractivity contribution is -0.139. The van der Waals surface area contributed by atoms with Gasteiger partial charge in [0.1, 0.15) is 5.69 Å². The summed E-state index contributed by atoms with van der Waals surface area (Å²) in [5, 5.41) is 10.6. The van der Waals surface area contributed by atoms with Crippen LogP contribution < -0.4 is 15.2 Å². The van der Waals surface area contributed by atoms with E-state index >= 15 is 0 Å². The van der Waals surface area contributed by atoms with E-state index in [1.807, 2.05) is 6.07 Å². The van der Waals surface area contributed by atoms with E-state index in [0.717, 1.165) is 5.01 Å². The lowest BCUT2D eigenvalue weighted by atomic mass is 10.0. The molecule has 0 spiro atoms. The molecule has 0 saturated carbocycles. The van der Waals surface area contributed by atoms with Gasteiger partial charge in [-0.1, -0.05) is 66.7 Å². The van der Waals surface area contributed by atoms with E-state index in [-0.39, 0.29) is 11.3 Å². The van der Waals surface area contributed by atoms with Gasteiger partial charge in [0.05, 0.1) is 23.9 Å². The predicted octanol–water partition coefficient (Wildman–Crippen LogP) is 4.28. The number of carbonyl (C=O) groups excluding carboxylic acids is 2. The third-order valence-electron chi connectivity index (χ3n) is 5.05. The van der Waals surface area contributed by atoms with Gasteiger partial charge in [-0.15, -0.1) is 0 Å². The number of anilines is 1. The molecule has 176 valence electrons. The summed E-state index contributed by atoms with van der Waals surface area (Å²) in [6.45, 7) is -0.695. The van der Waals surface area contributed by atoms with Crippen LogP contribution in [-0.2, 0) is 9.53 Å². The Morgan fingerprint density at radius 2 is 1.54 bits per heavy atom. The summed E-state index contributed by atoms with van der Waals surface area (Å²) >= 11 is 0. The summed E-state index contributed by atoms with van der Waals surface area (Å²) in [6, 6.07) is 24.3. The number of nitrogens with zero attached hydrogens (tertiary/aromatic N) is 2. The SMILES string of the molecule is COC(=O)N(NC(=O)c1c(OCC(=O)O)c(-c2ccccc2)nc2ccccc12)c1ccccc1. The molecule has 0 fully saturated rings. The molecule has 4 rings (SSSR count). The van der Waals surface area contributed by atoms with Crippen molar-refractivity contribution < 1.29 is 29.0 Å². The summed E-state index contributed by atoms with van der Waals surface area (Å²) in [7, 11) is 1.20. The maximum atomic E-state index is 13.7. The fourth-order valence-electron chi connectivity index (χ4n) is 3.53. The van der Waals surface area contributed by atoms with Crippen molar-refractivity contribution in [2.45, 2.75) is 0 Å². The molecule has 0 atom stereocenters. The third kappa shape index (κ3) is 5.03. The van der Waals surface area contributed by atoms with Crippen LogP contribution in [0.15, 0.2) is 84.9 Å². The Labute approximate surface area is 200 Å². The van der Waals surface area contributed by atoms with Crippen molar-refractivity contribution in [1.29, 1.82) is 0 Å². The minimum Gasteiger partial charge on any atom is -0.479 e. The summed E-state index contributed by atoms with van der Waals surface area (Å²) in [4.78, 5) is 42.2. The van der Waals surface area contributed by atoms with Crippen LogP contribution in [0.5, 0.6) is 5.75 Å². The number of carboxylic acid groups (broad SMARTS) is 1. The van der Waals surface area contributed by atoms with Crippen molar-refractivity contribution in [2.24, 2.45) is 0 Å². The summed E-state index contributed by atoms with van der Waals surface area (Å²) in [5.74, 6) is -1.95. The van der Waals surface area contributed by atoms with Crippen molar-refractivity contribution in [2.75, 3.05) is 18.7 Å². The molecule has 0 radical (unpaired) electrons. The molecule has 0 bridgehead atoms. The molecule has 0 aliphatic carbocycles. The zero-order chi connectivity index (χ0) is 24.8. The number of rotatable bonds is 6. The number of para-hydroxylation sites is 2. The van der Waals surface area contributed by atoms with Gasteiger partial charge in [0.25, 0.3) is 5.91 Å². The number of carbonyl (C=O) groups is 3. The first kappa shape index (κ1) is 23.2. The van der Waals surface area contributed by atoms with E-state index in [4.69, 9.17) is 9.47 Å². The largest absolute Gasteiger partial charge is 0.479 e. The van der Waals surface area contributed by atoms with Gasteiger partial charge < -0.3 is 14.6 Å². The normalized spacial score (nSPS) is 10.4. The van der Waals surface area contributed by atoms with Gasteiger partial charge in [0.15, 0.2) is 12.4 Å². The number of ether oxygens (including phenoxy) is 2. The van der Waals surface area contributed by atoms with Crippen LogP contribution in [0.25, 0.3) is 22.2 Å². The fourth-order valence-corrected chi connectivity index (χ4v) is 3.53. The average Bonchev–Trinajstić information content (AvgIpc) is 2.90. The van der Waals surface area contributed by atoms with Gasteiger partial charge in [-0.3, -0.25) is 10.2 Å². The summed E-state index contributed by atoms with van der Waals surface area (Å²) in [6.07, 6.45) is -0.820. The summed E-state index contributed by atoms with van der Waals surface area (Å²) in [5.41, 5.74) is 4.36. The average molecular weight is 471 g/mol. The highest BCUT2D eigenvalue weighted by Crippen LogP contribution is 2.36. The molecule has 9 heteroatoms. The number of hydrazine groups is 1. The maximum absolute atomic E-state index is 13.7. The van der Waals surface area contributed by atoms with Gasteiger partial charge in [-0.05, 0) is 18.2 Å². The molecule has 4 aromatic rings. The smallest absolute Gasteiger partial charge is 0.433 e. The second-order valence-corrected chi connectivity index (χ2v) is 7.31. The van der Waals surface area contributed by atoms with Gasteiger partial charge in [0, 0.05) is 10.9 Å². The van der Waals surface area contributed by atoms with Gasteiger partial charge in [-0.25, -0.2) is 14.6 Å². The highest BCUT2D eigenvalue weighted by atomic mass is 16.5. The highest BCUT2D eigenvalue weighted by molar-refractivity contribution is 6.12. The number of nitrogens with one attached hydrogen (secondary N) is 1. The molecule has 3 aromatic carbocycles. The van der Waals surface area contributed by atoms with Crippen LogP contribution in [0.1, 0.15) is 10.4 Å². The zero-order valence-corrected chi connectivity index (χ0v) is 18.7. The predicted molar refractivity (Wildman–Crippen MR) is 129 cm³/mol. The second kappa shape index (κ2) is 10.3. The standard InChI is InChI=1S/C26H21N3O6/c1-34-26(33)29(18-12-6-3-7-13-18)28-25(32)22-19-14-8-9-15-20(19)27-23(17-10-4-2-5-11-17)24(22)35-16-21(30)31/h2-15H,16H2,1H3,(H,28,32)(H,30,31). The number of carboxylic acids is 1. The molecule has 35 heavy (non-hydrogen) atoms. The molecular formula is C26H21N3O6. The molecular weight excluding hydrogens is 450 g/mol. The molecule has 2 amide bonds. The van der Waals surface area contributed by atoms with Gasteiger partial charge >= 0.3 is 12.1 Å². The van der Waals surface area contributed by atoms with Crippen LogP contribution in [-0.4, -0.2) is 41.8 Å². The number of fused-ring (bicyclic) bond motifs is 1. The van der Waals surface area contributed by atoms with E-state index in [9.17, 15) is 19.5 Å². The maximum Gasteiger partial charge on any atom is 0.433 e. The molecule has 0 saturated heterocycles. The molecule has 1 aromatic heterocycles. The first-order valence-electron chi connectivity index (χ1n) is 10.6. The van der Waals surface area contributed by atoms with Crippen molar-refractivity contribution in [3.05, 3.63) is 90.5 Å². The monoisotopic (exact) mass is 471 g/mol. The number of benzene rings is 3. The van der Waals surface area contributed by atoms with Crippen LogP contribution in [0.3, 0.4) is 0 Å². The van der Waals surface area contributed by atoms with Crippen molar-refractivity contribution in [3.8, 4) is 17.0 Å². The zero-order valence-electron chi connectivity index (χ0n) is 18.7. The Kier molecular flexibility index (Phi) is 6.87. The number of hydrogen-bond acceptors (Lipinski definition) is 6.